The molecule has 134 valence electrons. The molecule has 3 aromatic rings. The van der Waals surface area contributed by atoms with Crippen molar-refractivity contribution >= 4 is 29.4 Å². The van der Waals surface area contributed by atoms with Gasteiger partial charge in [0, 0.05) is 5.20 Å². The molecule has 0 aromatic heterocycles. The lowest BCUT2D eigenvalue weighted by molar-refractivity contribution is -0.110. The summed E-state index contributed by atoms with van der Waals surface area (Å²) in [4.78, 5) is 13.4. The van der Waals surface area contributed by atoms with Gasteiger partial charge in [0.2, 0.25) is 0 Å². The molecule has 0 N–H and O–H groups in total. The van der Waals surface area contributed by atoms with Gasteiger partial charge in [-0.25, -0.2) is 0 Å². The zero-order valence-electron chi connectivity index (χ0n) is 15.5. The molecular weight excluding hydrogens is 356 g/mol. The van der Waals surface area contributed by atoms with Crippen LogP contribution in [0.3, 0.4) is 0 Å². The Kier molecular flexibility index (Phi) is 4.07. The molecular formula is C26H20OSi. The lowest BCUT2D eigenvalue weighted by Gasteiger charge is -2.35. The van der Waals surface area contributed by atoms with E-state index >= 15 is 0 Å². The van der Waals surface area contributed by atoms with Crippen LogP contribution in [0.4, 0.5) is 0 Å². The quantitative estimate of drug-likeness (QED) is 0.503. The molecule has 3 aromatic carbocycles. The van der Waals surface area contributed by atoms with Crippen LogP contribution in [-0.4, -0.2) is 13.9 Å². The molecule has 0 heterocycles. The average molecular weight is 377 g/mol. The number of benzene rings is 3. The summed E-state index contributed by atoms with van der Waals surface area (Å²) in [5.41, 5.74) is 2.31. The Bertz CT molecular complexity index is 1030. The highest BCUT2D eigenvalue weighted by Crippen LogP contribution is 2.36. The number of allylic oxidation sites excluding steroid dienone is 6. The summed E-state index contributed by atoms with van der Waals surface area (Å²) in [6.07, 6.45) is 7.05. The molecule has 0 spiro atoms. The smallest absolute Gasteiger partial charge is 0.185 e. The topological polar surface area (TPSA) is 17.1 Å². The van der Waals surface area contributed by atoms with Crippen molar-refractivity contribution in [2.75, 3.05) is 0 Å². The second kappa shape index (κ2) is 6.74. The van der Waals surface area contributed by atoms with Crippen LogP contribution in [-0.2, 0) is 4.79 Å². The fourth-order valence-electron chi connectivity index (χ4n) is 4.65. The minimum absolute atomic E-state index is 0.178. The number of fused-ring (bicyclic) bond motifs is 1. The molecule has 0 saturated heterocycles. The highest BCUT2D eigenvalue weighted by atomic mass is 28.3. The summed E-state index contributed by atoms with van der Waals surface area (Å²) in [5, 5.41) is 4.74. The number of ketones is 1. The van der Waals surface area contributed by atoms with E-state index in [1.54, 1.807) is 0 Å². The highest BCUT2D eigenvalue weighted by Gasteiger charge is 2.48. The number of rotatable bonds is 4. The van der Waals surface area contributed by atoms with Crippen LogP contribution < -0.4 is 15.6 Å². The van der Waals surface area contributed by atoms with Crippen LogP contribution in [0.2, 0.25) is 0 Å². The molecule has 28 heavy (non-hydrogen) atoms. The Balaban J connectivity index is 1.94. The zero-order valence-corrected chi connectivity index (χ0v) is 16.5. The van der Waals surface area contributed by atoms with Crippen LogP contribution in [0.25, 0.3) is 0 Å². The molecule has 0 radical (unpaired) electrons. The van der Waals surface area contributed by atoms with Crippen LogP contribution in [0.15, 0.2) is 126 Å². The first-order chi connectivity index (χ1) is 13.8. The third-order valence-electron chi connectivity index (χ3n) is 5.78. The largest absolute Gasteiger partial charge is 0.290 e. The Morgan fingerprint density at radius 2 is 1.11 bits per heavy atom. The van der Waals surface area contributed by atoms with E-state index < -0.39 is 8.07 Å². The SMILES string of the molecule is O=C1C=C2CC=CC2=C1[Si](c1ccccc1)(c1ccccc1)c1ccccc1. The van der Waals surface area contributed by atoms with Gasteiger partial charge in [0.15, 0.2) is 13.9 Å². The van der Waals surface area contributed by atoms with Crippen molar-refractivity contribution in [2.45, 2.75) is 6.42 Å². The first-order valence-electron chi connectivity index (χ1n) is 9.65. The van der Waals surface area contributed by atoms with Gasteiger partial charge in [0.05, 0.1) is 0 Å². The molecule has 2 aliphatic carbocycles. The molecule has 0 fully saturated rings. The molecule has 0 atom stereocenters. The van der Waals surface area contributed by atoms with E-state index in [9.17, 15) is 4.79 Å². The molecule has 1 nitrogen and oxygen atoms in total. The van der Waals surface area contributed by atoms with Gasteiger partial charge in [-0.05, 0) is 39.2 Å². The van der Waals surface area contributed by atoms with E-state index in [0.29, 0.717) is 0 Å². The summed E-state index contributed by atoms with van der Waals surface area (Å²) in [6, 6.07) is 31.9. The number of hydrogen-bond acceptors (Lipinski definition) is 1. The van der Waals surface area contributed by atoms with Crippen LogP contribution in [0.1, 0.15) is 6.42 Å². The summed E-state index contributed by atoms with van der Waals surface area (Å²) >= 11 is 0. The molecule has 0 bridgehead atoms. The van der Waals surface area contributed by atoms with E-state index in [0.717, 1.165) is 17.2 Å². The predicted octanol–water partition coefficient (Wildman–Crippen LogP) is 3.46. The molecule has 5 rings (SSSR count). The Hall–Kier alpha value is -3.23. The maximum absolute atomic E-state index is 13.4. The van der Waals surface area contributed by atoms with Gasteiger partial charge in [-0.1, -0.05) is 103 Å². The fraction of sp³-hybridized carbons (Fsp3) is 0.0385. The molecule has 2 heteroatoms. The third kappa shape index (κ3) is 2.42. The second-order valence-corrected chi connectivity index (χ2v) is 11.0. The standard InChI is InChI=1S/C26H20OSi/c27-25-19-20-11-10-18-24(20)26(25)28(21-12-4-1-5-13-21,22-14-6-2-7-15-22)23-16-8-3-9-17-23/h1-10,12-19H,11H2. The summed E-state index contributed by atoms with van der Waals surface area (Å²) in [5.74, 6) is 0.178. The maximum Gasteiger partial charge on any atom is 0.185 e. The lowest BCUT2D eigenvalue weighted by atomic mass is 10.2. The second-order valence-electron chi connectivity index (χ2n) is 7.28. The van der Waals surface area contributed by atoms with Crippen molar-refractivity contribution in [1.29, 1.82) is 0 Å². The Morgan fingerprint density at radius 1 is 0.643 bits per heavy atom. The highest BCUT2D eigenvalue weighted by molar-refractivity contribution is 7.18. The van der Waals surface area contributed by atoms with Crippen molar-refractivity contribution in [1.82, 2.24) is 0 Å². The summed E-state index contributed by atoms with van der Waals surface area (Å²) < 4.78 is 0. The van der Waals surface area contributed by atoms with Gasteiger partial charge in [-0.3, -0.25) is 4.79 Å². The number of carbonyl (C=O) groups is 1. The molecule has 2 aliphatic rings. The average Bonchev–Trinajstić information content (AvgIpc) is 3.33. The normalized spacial score (nSPS) is 15.7. The molecule has 0 amide bonds. The third-order valence-corrected chi connectivity index (χ3v) is 10.6. The van der Waals surface area contributed by atoms with E-state index in [1.165, 1.54) is 21.1 Å². The maximum atomic E-state index is 13.4. The Morgan fingerprint density at radius 3 is 1.57 bits per heavy atom. The van der Waals surface area contributed by atoms with E-state index in [-0.39, 0.29) is 5.78 Å². The lowest BCUT2D eigenvalue weighted by Crippen LogP contribution is -2.69. The minimum Gasteiger partial charge on any atom is -0.290 e. The van der Waals surface area contributed by atoms with Gasteiger partial charge < -0.3 is 0 Å². The van der Waals surface area contributed by atoms with Crippen molar-refractivity contribution in [3.8, 4) is 0 Å². The Labute approximate surface area is 166 Å². The van der Waals surface area contributed by atoms with Gasteiger partial charge >= 0.3 is 0 Å². The minimum atomic E-state index is -2.71. The van der Waals surface area contributed by atoms with Crippen molar-refractivity contribution in [3.63, 3.8) is 0 Å². The van der Waals surface area contributed by atoms with Crippen LogP contribution in [0, 0.1) is 0 Å². The fourth-order valence-corrected chi connectivity index (χ4v) is 9.68. The van der Waals surface area contributed by atoms with Crippen LogP contribution >= 0.6 is 0 Å². The summed E-state index contributed by atoms with van der Waals surface area (Å²) in [6.45, 7) is 0. The summed E-state index contributed by atoms with van der Waals surface area (Å²) in [7, 11) is -2.71. The van der Waals surface area contributed by atoms with Crippen molar-refractivity contribution in [3.05, 3.63) is 126 Å². The number of carbonyl (C=O) groups excluding carboxylic acids is 1. The van der Waals surface area contributed by atoms with Crippen molar-refractivity contribution in [2.24, 2.45) is 0 Å². The van der Waals surface area contributed by atoms with Gasteiger partial charge in [-0.15, -0.1) is 0 Å². The predicted molar refractivity (Wildman–Crippen MR) is 118 cm³/mol. The first-order valence-corrected chi connectivity index (χ1v) is 11.6. The molecule has 0 saturated carbocycles. The first kappa shape index (κ1) is 16.9. The van der Waals surface area contributed by atoms with Gasteiger partial charge in [0.1, 0.15) is 0 Å². The zero-order chi connectivity index (χ0) is 19.0. The van der Waals surface area contributed by atoms with E-state index in [2.05, 4.69) is 84.9 Å². The monoisotopic (exact) mass is 376 g/mol. The van der Waals surface area contributed by atoms with E-state index in [4.69, 9.17) is 0 Å². The van der Waals surface area contributed by atoms with Gasteiger partial charge in [-0.2, -0.15) is 0 Å². The van der Waals surface area contributed by atoms with Crippen molar-refractivity contribution < 1.29 is 4.79 Å². The number of hydrogen-bond donors (Lipinski definition) is 0. The van der Waals surface area contributed by atoms with Crippen LogP contribution in [0.5, 0.6) is 0 Å². The van der Waals surface area contributed by atoms with Gasteiger partial charge in [0.25, 0.3) is 0 Å². The molecule has 0 unspecified atom stereocenters. The van der Waals surface area contributed by atoms with E-state index in [1.807, 2.05) is 24.3 Å². The molecule has 0 aliphatic heterocycles.